The SMILES string of the molecule is CN1CCC(CN2CCN(C(=O)CCc3oc(-c4ccc5c(c4)OCO5)nc3-c3ccc(Cl)cc3)CC2)CC1. The van der Waals surface area contributed by atoms with E-state index >= 15 is 0 Å². The van der Waals surface area contributed by atoms with Crippen LogP contribution >= 0.6 is 11.6 Å². The summed E-state index contributed by atoms with van der Waals surface area (Å²) in [6, 6.07) is 13.2. The van der Waals surface area contributed by atoms with Crippen LogP contribution in [-0.2, 0) is 11.2 Å². The van der Waals surface area contributed by atoms with E-state index in [4.69, 9.17) is 30.5 Å². The Morgan fingerprint density at radius 2 is 1.67 bits per heavy atom. The summed E-state index contributed by atoms with van der Waals surface area (Å²) in [7, 11) is 2.20. The first-order chi connectivity index (χ1) is 19.0. The maximum absolute atomic E-state index is 13.2. The van der Waals surface area contributed by atoms with Gasteiger partial charge in [0.25, 0.3) is 0 Å². The summed E-state index contributed by atoms with van der Waals surface area (Å²) in [6.07, 6.45) is 3.41. The number of ether oxygens (including phenoxy) is 2. The Bertz CT molecular complexity index is 1290. The number of fused-ring (bicyclic) bond motifs is 1. The number of carbonyl (C=O) groups is 1. The van der Waals surface area contributed by atoms with Gasteiger partial charge in [-0.05, 0) is 69.2 Å². The van der Waals surface area contributed by atoms with Crippen LogP contribution in [0.1, 0.15) is 25.0 Å². The van der Waals surface area contributed by atoms with Crippen LogP contribution < -0.4 is 9.47 Å². The van der Waals surface area contributed by atoms with Crippen LogP contribution in [0.25, 0.3) is 22.7 Å². The topological polar surface area (TPSA) is 71.3 Å². The van der Waals surface area contributed by atoms with E-state index in [9.17, 15) is 4.79 Å². The Balaban J connectivity index is 1.11. The lowest BCUT2D eigenvalue weighted by Crippen LogP contribution is -2.50. The molecule has 3 aromatic rings. The van der Waals surface area contributed by atoms with E-state index in [2.05, 4.69) is 16.8 Å². The third kappa shape index (κ3) is 6.08. The standard InChI is InChI=1S/C30H35ClN4O4/c1-33-12-10-21(11-13-33)19-34-14-16-35(17-15-34)28(36)9-8-26-29(22-2-5-24(31)6-3-22)32-30(39-26)23-4-7-25-27(18-23)38-20-37-25/h2-7,18,21H,8-17,19-20H2,1H3. The molecule has 1 aromatic heterocycles. The van der Waals surface area contributed by atoms with Crippen molar-refractivity contribution in [2.24, 2.45) is 5.92 Å². The van der Waals surface area contributed by atoms with E-state index in [0.29, 0.717) is 41.0 Å². The molecule has 0 aliphatic carbocycles. The predicted molar refractivity (Wildman–Crippen MR) is 150 cm³/mol. The Kier molecular flexibility index (Phi) is 7.77. The van der Waals surface area contributed by atoms with Gasteiger partial charge in [0, 0.05) is 61.7 Å². The molecule has 2 aromatic carbocycles. The molecule has 9 heteroatoms. The molecule has 1 amide bonds. The quantitative estimate of drug-likeness (QED) is 0.418. The number of piperazine rings is 1. The van der Waals surface area contributed by atoms with Gasteiger partial charge < -0.3 is 23.7 Å². The second-order valence-corrected chi connectivity index (χ2v) is 11.2. The van der Waals surface area contributed by atoms with Crippen molar-refractivity contribution in [1.82, 2.24) is 19.7 Å². The van der Waals surface area contributed by atoms with Gasteiger partial charge in [-0.1, -0.05) is 23.7 Å². The molecule has 206 valence electrons. The lowest BCUT2D eigenvalue weighted by atomic mass is 9.96. The van der Waals surface area contributed by atoms with Crippen molar-refractivity contribution < 1.29 is 18.7 Å². The third-order valence-corrected chi connectivity index (χ3v) is 8.33. The molecule has 0 radical (unpaired) electrons. The van der Waals surface area contributed by atoms with Crippen LogP contribution in [0.5, 0.6) is 11.5 Å². The van der Waals surface area contributed by atoms with E-state index in [1.165, 1.54) is 25.9 Å². The molecule has 0 spiro atoms. The fourth-order valence-electron chi connectivity index (χ4n) is 5.68. The fourth-order valence-corrected chi connectivity index (χ4v) is 5.80. The molecular formula is C30H35ClN4O4. The number of benzene rings is 2. The van der Waals surface area contributed by atoms with Crippen molar-refractivity contribution >= 4 is 17.5 Å². The number of piperidine rings is 1. The maximum atomic E-state index is 13.2. The summed E-state index contributed by atoms with van der Waals surface area (Å²) in [5, 5.41) is 0.657. The zero-order valence-corrected chi connectivity index (χ0v) is 23.2. The molecule has 6 rings (SSSR count). The Morgan fingerprint density at radius 3 is 2.44 bits per heavy atom. The molecule has 0 saturated carbocycles. The number of rotatable bonds is 7. The minimum atomic E-state index is 0.164. The van der Waals surface area contributed by atoms with Gasteiger partial charge in [0.15, 0.2) is 11.5 Å². The van der Waals surface area contributed by atoms with E-state index in [1.54, 1.807) is 0 Å². The van der Waals surface area contributed by atoms with Crippen LogP contribution in [0, 0.1) is 5.92 Å². The molecule has 0 N–H and O–H groups in total. The minimum Gasteiger partial charge on any atom is -0.454 e. The predicted octanol–water partition coefficient (Wildman–Crippen LogP) is 4.81. The molecular weight excluding hydrogens is 516 g/mol. The van der Waals surface area contributed by atoms with Crippen molar-refractivity contribution in [2.45, 2.75) is 25.7 Å². The lowest BCUT2D eigenvalue weighted by Gasteiger charge is -2.38. The van der Waals surface area contributed by atoms with Gasteiger partial charge in [-0.3, -0.25) is 9.69 Å². The number of aryl methyl sites for hydroxylation is 1. The van der Waals surface area contributed by atoms with Gasteiger partial charge in [-0.2, -0.15) is 0 Å². The molecule has 39 heavy (non-hydrogen) atoms. The van der Waals surface area contributed by atoms with E-state index < -0.39 is 0 Å². The molecule has 4 heterocycles. The van der Waals surface area contributed by atoms with Gasteiger partial charge in [0.1, 0.15) is 11.5 Å². The number of hydrogen-bond acceptors (Lipinski definition) is 7. The largest absolute Gasteiger partial charge is 0.454 e. The molecule has 0 bridgehead atoms. The fraction of sp³-hybridized carbons (Fsp3) is 0.467. The summed E-state index contributed by atoms with van der Waals surface area (Å²) in [4.78, 5) is 25.0. The number of likely N-dealkylation sites (tertiary alicyclic amines) is 1. The third-order valence-electron chi connectivity index (χ3n) is 8.08. The van der Waals surface area contributed by atoms with Crippen LogP contribution in [0.2, 0.25) is 5.02 Å². The minimum absolute atomic E-state index is 0.164. The van der Waals surface area contributed by atoms with Crippen LogP contribution in [-0.4, -0.2) is 85.2 Å². The highest BCUT2D eigenvalue weighted by Crippen LogP contribution is 2.37. The summed E-state index contributed by atoms with van der Waals surface area (Å²) in [5.74, 6) is 3.51. The van der Waals surface area contributed by atoms with Crippen LogP contribution in [0.4, 0.5) is 0 Å². The second-order valence-electron chi connectivity index (χ2n) is 10.8. The Hall–Kier alpha value is -3.07. The summed E-state index contributed by atoms with van der Waals surface area (Å²) in [6.45, 7) is 7.22. The lowest BCUT2D eigenvalue weighted by molar-refractivity contribution is -0.133. The monoisotopic (exact) mass is 550 g/mol. The van der Waals surface area contributed by atoms with Gasteiger partial charge >= 0.3 is 0 Å². The van der Waals surface area contributed by atoms with Gasteiger partial charge in [-0.15, -0.1) is 0 Å². The van der Waals surface area contributed by atoms with E-state index in [0.717, 1.165) is 55.5 Å². The summed E-state index contributed by atoms with van der Waals surface area (Å²) < 4.78 is 17.2. The first-order valence-corrected chi connectivity index (χ1v) is 14.2. The smallest absolute Gasteiger partial charge is 0.231 e. The average Bonchev–Trinajstić information content (AvgIpc) is 3.61. The van der Waals surface area contributed by atoms with E-state index in [-0.39, 0.29) is 12.7 Å². The van der Waals surface area contributed by atoms with Crippen LogP contribution in [0.15, 0.2) is 46.9 Å². The van der Waals surface area contributed by atoms with Gasteiger partial charge in [0.05, 0.1) is 0 Å². The van der Waals surface area contributed by atoms with Crippen molar-refractivity contribution in [3.8, 4) is 34.2 Å². The summed E-state index contributed by atoms with van der Waals surface area (Å²) >= 11 is 6.13. The number of oxazole rings is 1. The number of nitrogens with zero attached hydrogens (tertiary/aromatic N) is 4. The molecule has 3 aliphatic heterocycles. The zero-order valence-electron chi connectivity index (χ0n) is 22.4. The van der Waals surface area contributed by atoms with Crippen molar-refractivity contribution in [1.29, 1.82) is 0 Å². The van der Waals surface area contributed by atoms with E-state index in [1.807, 2.05) is 47.4 Å². The van der Waals surface area contributed by atoms with Crippen LogP contribution in [0.3, 0.4) is 0 Å². The highest BCUT2D eigenvalue weighted by atomic mass is 35.5. The molecule has 0 unspecified atom stereocenters. The highest BCUT2D eigenvalue weighted by molar-refractivity contribution is 6.30. The Morgan fingerprint density at radius 1 is 0.949 bits per heavy atom. The first-order valence-electron chi connectivity index (χ1n) is 13.9. The Labute approximate surface area is 234 Å². The number of hydrogen-bond donors (Lipinski definition) is 0. The second kappa shape index (κ2) is 11.6. The number of carbonyl (C=O) groups excluding carboxylic acids is 1. The molecule has 3 aliphatic rings. The molecule has 8 nitrogen and oxygen atoms in total. The van der Waals surface area contributed by atoms with Crippen molar-refractivity contribution in [2.75, 3.05) is 59.7 Å². The maximum Gasteiger partial charge on any atom is 0.231 e. The van der Waals surface area contributed by atoms with Gasteiger partial charge in [-0.25, -0.2) is 4.98 Å². The molecule has 0 atom stereocenters. The molecule has 2 saturated heterocycles. The summed E-state index contributed by atoms with van der Waals surface area (Å²) in [5.41, 5.74) is 2.43. The first kappa shape index (κ1) is 26.2. The normalized spacial score (nSPS) is 18.6. The number of aromatic nitrogens is 1. The molecule has 2 fully saturated rings. The zero-order chi connectivity index (χ0) is 26.8. The van der Waals surface area contributed by atoms with Crippen molar-refractivity contribution in [3.63, 3.8) is 0 Å². The number of halogens is 1. The van der Waals surface area contributed by atoms with Crippen molar-refractivity contribution in [3.05, 3.63) is 53.2 Å². The average molecular weight is 551 g/mol. The number of amides is 1. The van der Waals surface area contributed by atoms with Gasteiger partial charge in [0.2, 0.25) is 18.6 Å². The highest BCUT2D eigenvalue weighted by Gasteiger charge is 2.26.